The second-order valence-electron chi connectivity index (χ2n) is 19.0. The molecule has 0 amide bonds. The van der Waals surface area contributed by atoms with Gasteiger partial charge in [0.05, 0.1) is 17.9 Å². The number of aromatic nitrogens is 29. The maximum Gasteiger partial charge on any atom is 0.379 e. The topological polar surface area (TPSA) is 497 Å². The lowest BCUT2D eigenvalue weighted by atomic mass is 10.2. The van der Waals surface area contributed by atoms with Gasteiger partial charge < -0.3 is 22.4 Å². The van der Waals surface area contributed by atoms with Crippen LogP contribution < -0.4 is 0 Å². The van der Waals surface area contributed by atoms with Crippen LogP contribution >= 0.6 is 34.2 Å². The first-order chi connectivity index (χ1) is 61.2. The molecule has 20 rings (SSSR count). The van der Waals surface area contributed by atoms with E-state index in [2.05, 4.69) is 170 Å². The standard InChI is InChI=1S/C15H11N3.C9H7N3.C8H6N2O.C6H3F3.C5H5N.3C4H4N2.C3H3N3.2C3H3NO.C3H3NS.2C2H2N2O.2C2H2N2S.CHF3.CHN.O2S/c1-3-7-12(8-4-1)14-16-11-17-15(18-14)13-9-5-2-6-10-13;1-2-4-8(5-3-1)9-11-6-10-7-12-9;1-2-4-7(5-3-1)8-9-6-10-11-8;7-4-2-1-3-5(8)6(4)9;1-2-4-6-5-3-1;1-2-6-4-3-5-1;1-2-5-4-6-3-1;1-2-4-6-5-3-1;1-4-2-6-3-5-1;1-2-5-3-4-1;1-2-4-5-3-1;1-2-5-3-4-1;1-3-4-2-5-1;1-3-2-5-4-1;1-3-4-2-5-1;1-3-2-5-4-1;2-1(3)4;1-2;1-3-2/h1-11H;1-7H;1-6H;1-3H;1-5H;3*1-4H;1-3H;3*1-3H;4*1-2H;1H;1H;. The lowest BCUT2D eigenvalue weighted by Crippen LogP contribution is -1.94. The van der Waals surface area contributed by atoms with Crippen molar-refractivity contribution < 1.29 is 57.2 Å². The van der Waals surface area contributed by atoms with Crippen molar-refractivity contribution in [2.45, 2.75) is 6.68 Å². The molecule has 20 aromatic rings. The first-order valence-electron chi connectivity index (χ1n) is 33.5. The van der Waals surface area contributed by atoms with Gasteiger partial charge in [-0.2, -0.15) is 41.1 Å². The second kappa shape index (κ2) is 79.8. The minimum atomic E-state index is -3.67. The van der Waals surface area contributed by atoms with Crippen LogP contribution in [-0.4, -0.2) is 160 Å². The van der Waals surface area contributed by atoms with Crippen molar-refractivity contribution in [1.82, 2.24) is 145 Å². The van der Waals surface area contributed by atoms with Crippen LogP contribution in [0, 0.1) is 29.3 Å². The second-order valence-corrected chi connectivity index (χ2v) is 21.3. The number of benzene rings is 5. The van der Waals surface area contributed by atoms with Crippen LogP contribution in [0.25, 0.3) is 45.6 Å². The van der Waals surface area contributed by atoms with Gasteiger partial charge in [-0.25, -0.2) is 88.2 Å². The van der Waals surface area contributed by atoms with Crippen molar-refractivity contribution in [3.63, 3.8) is 0 Å². The molecule has 0 bridgehead atoms. The third-order valence-corrected chi connectivity index (χ3v) is 12.4. The Morgan fingerprint density at radius 2 is 0.823 bits per heavy atom. The number of hydrogen-bond donors (Lipinski definition) is 0. The number of hydrogen-bond acceptors (Lipinski definition) is 40. The lowest BCUT2D eigenvalue weighted by Gasteiger charge is -2.02. The Balaban J connectivity index is 0.000000453. The van der Waals surface area contributed by atoms with Crippen LogP contribution in [-0.2, 0) is 11.6 Å². The highest BCUT2D eigenvalue weighted by molar-refractivity contribution is 7.51. The molecule has 632 valence electrons. The van der Waals surface area contributed by atoms with Gasteiger partial charge in [-0.05, 0) is 72.2 Å². The van der Waals surface area contributed by atoms with Crippen molar-refractivity contribution in [2.75, 3.05) is 0 Å². The summed E-state index contributed by atoms with van der Waals surface area (Å²) in [5.74, 6) is -1.06. The summed E-state index contributed by atoms with van der Waals surface area (Å²) in [6.07, 6.45) is 44.4. The smallest absolute Gasteiger partial charge is 0.379 e. The van der Waals surface area contributed by atoms with Gasteiger partial charge in [0.1, 0.15) is 79.7 Å². The number of oxazole rings is 1. The quantitative estimate of drug-likeness (QED) is 0.117. The van der Waals surface area contributed by atoms with E-state index in [1.807, 2.05) is 157 Å². The lowest BCUT2D eigenvalue weighted by molar-refractivity contribution is 0.00817. The Hall–Kier alpha value is -17.0. The summed E-state index contributed by atoms with van der Waals surface area (Å²) in [5.41, 5.74) is 10.8. The number of rotatable bonds is 4. The summed E-state index contributed by atoms with van der Waals surface area (Å²) >= 11 is 3.69. The number of nitrogens with zero attached hydrogens (tertiary/aromatic N) is 30. The monoisotopic (exact) mass is 1760 g/mol. The fraction of sp³-hybridized carbons (Fsp3) is 0.0130. The van der Waals surface area contributed by atoms with Crippen LogP contribution in [0.3, 0.4) is 0 Å². The van der Waals surface area contributed by atoms with Gasteiger partial charge in [-0.1, -0.05) is 137 Å². The van der Waals surface area contributed by atoms with Crippen LogP contribution in [0.5, 0.6) is 0 Å². The predicted molar refractivity (Wildman–Crippen MR) is 438 cm³/mol. The number of halogens is 6. The normalized spacial score (nSPS) is 8.59. The van der Waals surface area contributed by atoms with Gasteiger partial charge in [-0.3, -0.25) is 19.9 Å². The fourth-order valence-electron chi connectivity index (χ4n) is 6.43. The number of thiazole rings is 1. The van der Waals surface area contributed by atoms with Gasteiger partial charge in [0.2, 0.25) is 19.2 Å². The van der Waals surface area contributed by atoms with Crippen LogP contribution in [0.4, 0.5) is 26.3 Å². The summed E-state index contributed by atoms with van der Waals surface area (Å²) in [7, 11) is 0. The summed E-state index contributed by atoms with van der Waals surface area (Å²) in [6.45, 7) is -0.167. The fourth-order valence-corrected chi connectivity index (χ4v) is 7.33. The Labute approximate surface area is 717 Å². The van der Waals surface area contributed by atoms with E-state index in [4.69, 9.17) is 18.2 Å². The molecule has 15 heterocycles. The van der Waals surface area contributed by atoms with Crippen LogP contribution in [0.2, 0.25) is 0 Å². The molecular formula is C77H66F6N30O7S4. The first kappa shape index (κ1) is 103. The van der Waals surface area contributed by atoms with Crippen LogP contribution in [0.1, 0.15) is 0 Å². The van der Waals surface area contributed by atoms with E-state index in [0.29, 0.717) is 23.4 Å². The third-order valence-electron chi connectivity index (χ3n) is 11.0. The predicted octanol–water partition coefficient (Wildman–Crippen LogP) is 15.3. The molecule has 0 aliphatic carbocycles. The zero-order valence-electron chi connectivity index (χ0n) is 63.8. The van der Waals surface area contributed by atoms with Crippen molar-refractivity contribution in [1.29, 1.82) is 5.26 Å². The van der Waals surface area contributed by atoms with E-state index < -0.39 is 35.7 Å². The Bertz CT molecular complexity index is 4560. The Morgan fingerprint density at radius 3 is 1.09 bits per heavy atom. The molecule has 0 spiro atoms. The molecule has 5 aromatic carbocycles. The van der Waals surface area contributed by atoms with Crippen molar-refractivity contribution in [2.24, 2.45) is 0 Å². The van der Waals surface area contributed by atoms with Crippen molar-refractivity contribution in [3.8, 4) is 52.2 Å². The molecule has 0 atom stereocenters. The highest BCUT2D eigenvalue weighted by atomic mass is 32.1. The molecule has 124 heavy (non-hydrogen) atoms. The van der Waals surface area contributed by atoms with Gasteiger partial charge in [-0.15, -0.1) is 43.1 Å². The molecular weight excluding hydrogens is 1700 g/mol. The third kappa shape index (κ3) is 62.3. The van der Waals surface area contributed by atoms with E-state index >= 15 is 0 Å². The van der Waals surface area contributed by atoms with Gasteiger partial charge in [0.15, 0.2) is 54.0 Å². The summed E-state index contributed by atoms with van der Waals surface area (Å²) in [4.78, 5) is 72.3. The summed E-state index contributed by atoms with van der Waals surface area (Å²) < 4.78 is 107. The maximum absolute atomic E-state index is 12.0. The van der Waals surface area contributed by atoms with Gasteiger partial charge in [0, 0.05) is 102 Å². The molecule has 15 aromatic heterocycles. The SMILES string of the molecule is C#N.FC(F)F.Fc1cccc(F)c1F.O=S=O.c1ccc(-c2ncnc(-c3ccccc3)n2)cc1.c1ccc(-c2ncncn2)cc1.c1ccc(-c2ncno2)cc1.c1ccncc1.c1ccnnc1.c1cnccn1.c1cncnc1.c1cnoc1.c1cocn1.c1cscn1.c1ncncn1.c1ncon1.c1ncsn1.c1nnco1.c1nncs1. The van der Waals surface area contributed by atoms with Gasteiger partial charge >= 0.3 is 18.3 Å². The minimum absolute atomic E-state index is 0.561. The molecule has 0 radical (unpaired) electrons. The summed E-state index contributed by atoms with van der Waals surface area (Å²) in [5, 5.41) is 39.2. The highest BCUT2D eigenvalue weighted by Crippen LogP contribution is 2.19. The van der Waals surface area contributed by atoms with Gasteiger partial charge in [0.25, 0.3) is 5.89 Å². The zero-order valence-corrected chi connectivity index (χ0v) is 67.0. The summed E-state index contributed by atoms with van der Waals surface area (Å²) in [6, 6.07) is 55.0. The number of pyridine rings is 1. The van der Waals surface area contributed by atoms with E-state index in [0.717, 1.165) is 40.5 Å². The first-order valence-corrected chi connectivity index (χ1v) is 36.9. The number of nitriles is 1. The minimum Gasteiger partial charge on any atom is -0.452 e. The van der Waals surface area contributed by atoms with E-state index in [1.165, 1.54) is 118 Å². The average molecular weight is 1770 g/mol. The Morgan fingerprint density at radius 1 is 0.331 bits per heavy atom. The zero-order chi connectivity index (χ0) is 89.1. The van der Waals surface area contributed by atoms with E-state index in [9.17, 15) is 26.3 Å². The maximum atomic E-state index is 12.0. The highest BCUT2D eigenvalue weighted by Gasteiger charge is 2.06. The molecule has 0 saturated carbocycles. The molecule has 0 N–H and O–H groups in total. The largest absolute Gasteiger partial charge is 0.452 e. The van der Waals surface area contributed by atoms with Crippen molar-refractivity contribution >= 4 is 45.8 Å². The molecule has 47 heteroatoms. The van der Waals surface area contributed by atoms with Crippen molar-refractivity contribution in [3.05, 3.63) is 409 Å². The average Bonchev–Trinajstić information content (AvgIpc) is 1.05. The molecule has 0 aliphatic heterocycles. The Kier molecular flexibility index (Phi) is 66.3. The van der Waals surface area contributed by atoms with E-state index in [-0.39, 0.29) is 0 Å². The molecule has 0 saturated heterocycles. The molecule has 37 nitrogen and oxygen atoms in total. The van der Waals surface area contributed by atoms with Crippen LogP contribution in [0.15, 0.2) is 414 Å². The molecule has 0 unspecified atom stereocenters. The number of alkyl halides is 3. The van der Waals surface area contributed by atoms with E-state index in [1.54, 1.807) is 132 Å². The molecule has 0 aliphatic rings. The molecule has 0 fully saturated rings.